The van der Waals surface area contributed by atoms with Gasteiger partial charge < -0.3 is 20.5 Å². The van der Waals surface area contributed by atoms with Crippen LogP contribution in [0.15, 0.2) is 73.1 Å². The van der Waals surface area contributed by atoms with Gasteiger partial charge in [0.25, 0.3) is 5.91 Å². The fourth-order valence-electron chi connectivity index (χ4n) is 5.36. The van der Waals surface area contributed by atoms with Crippen LogP contribution in [0.2, 0.25) is 0 Å². The van der Waals surface area contributed by atoms with Crippen LogP contribution in [-0.2, 0) is 21.4 Å². The summed E-state index contributed by atoms with van der Waals surface area (Å²) in [4.78, 5) is 49.4. The molecule has 51 heavy (non-hydrogen) atoms. The van der Waals surface area contributed by atoms with Crippen LogP contribution in [-0.4, -0.2) is 63.6 Å². The van der Waals surface area contributed by atoms with Gasteiger partial charge >= 0.3 is 5.97 Å². The van der Waals surface area contributed by atoms with Gasteiger partial charge in [0.2, 0.25) is 5.91 Å². The van der Waals surface area contributed by atoms with Crippen molar-refractivity contribution in [3.05, 3.63) is 88.4 Å². The first-order valence-corrected chi connectivity index (χ1v) is 19.8. The number of thioether (sulfide) groups is 1. The number of nitrogens with one attached hydrogen (secondary N) is 2. The molecule has 2 atom stereocenters. The van der Waals surface area contributed by atoms with Crippen molar-refractivity contribution in [1.29, 1.82) is 0 Å². The number of aliphatic carboxylic acids is 1. The standard InChI is InChI=1S/C40H50N4O5S2/c1-6-7-8-9-10-22-49-31-17-15-28(16-18-31)30-25-41-36(42-26-30)29-13-11-27(12-14-29)24-33(37(45)43-32(39(47)48)21-23-50-5)44-38(46)34-19-20-35(51-34)40(2,3)4/h11-20,25-26,32-33H,6-10,21-24H2,1-5H3,(H,43,45)(H,44,46)(H,47,48). The molecule has 272 valence electrons. The SMILES string of the molecule is CCCCCCCOc1ccc(-c2cnc(-c3ccc(CC(NC(=O)c4ccc(C(C)(C)C)s4)C(=O)NC(CCSC)C(=O)O)cc3)nc2)cc1. The average Bonchev–Trinajstić information content (AvgIpc) is 3.64. The van der Waals surface area contributed by atoms with Crippen LogP contribution >= 0.6 is 23.1 Å². The molecule has 11 heteroatoms. The van der Waals surface area contributed by atoms with Crippen molar-refractivity contribution in [1.82, 2.24) is 20.6 Å². The van der Waals surface area contributed by atoms with Crippen molar-refractivity contribution < 1.29 is 24.2 Å². The zero-order chi connectivity index (χ0) is 36.8. The smallest absolute Gasteiger partial charge is 0.326 e. The van der Waals surface area contributed by atoms with Crippen molar-refractivity contribution in [2.75, 3.05) is 18.6 Å². The zero-order valence-corrected chi connectivity index (χ0v) is 31.9. The highest BCUT2D eigenvalue weighted by molar-refractivity contribution is 7.98. The van der Waals surface area contributed by atoms with Gasteiger partial charge in [-0.25, -0.2) is 14.8 Å². The molecule has 9 nitrogen and oxygen atoms in total. The molecular weight excluding hydrogens is 681 g/mol. The van der Waals surface area contributed by atoms with Crippen LogP contribution in [0.25, 0.3) is 22.5 Å². The first-order chi connectivity index (χ1) is 24.5. The average molecular weight is 731 g/mol. The van der Waals surface area contributed by atoms with Gasteiger partial charge in [-0.05, 0) is 65.7 Å². The normalized spacial score (nSPS) is 12.6. The number of benzene rings is 2. The third-order valence-electron chi connectivity index (χ3n) is 8.42. The van der Waals surface area contributed by atoms with E-state index >= 15 is 0 Å². The number of aromatic nitrogens is 2. The highest BCUT2D eigenvalue weighted by Gasteiger charge is 2.28. The fourth-order valence-corrected chi connectivity index (χ4v) is 6.80. The van der Waals surface area contributed by atoms with Crippen molar-refractivity contribution in [3.63, 3.8) is 0 Å². The second kappa shape index (κ2) is 19.4. The lowest BCUT2D eigenvalue weighted by Gasteiger charge is -2.21. The number of hydrogen-bond donors (Lipinski definition) is 3. The summed E-state index contributed by atoms with van der Waals surface area (Å²) in [6, 6.07) is 17.1. The molecule has 0 saturated carbocycles. The van der Waals surface area contributed by atoms with Gasteiger partial charge in [-0.3, -0.25) is 9.59 Å². The lowest BCUT2D eigenvalue weighted by molar-refractivity contribution is -0.142. The predicted octanol–water partition coefficient (Wildman–Crippen LogP) is 8.18. The first-order valence-electron chi connectivity index (χ1n) is 17.6. The summed E-state index contributed by atoms with van der Waals surface area (Å²) in [5.41, 5.74) is 3.36. The van der Waals surface area contributed by atoms with Crippen LogP contribution in [0.3, 0.4) is 0 Å². The Morgan fingerprint density at radius 3 is 2.12 bits per heavy atom. The lowest BCUT2D eigenvalue weighted by Crippen LogP contribution is -2.52. The quantitative estimate of drug-likeness (QED) is 0.0824. The number of amides is 2. The van der Waals surface area contributed by atoms with E-state index in [1.54, 1.807) is 18.5 Å². The molecule has 0 spiro atoms. The summed E-state index contributed by atoms with van der Waals surface area (Å²) in [5, 5.41) is 15.2. The van der Waals surface area contributed by atoms with Crippen molar-refractivity contribution >= 4 is 40.9 Å². The van der Waals surface area contributed by atoms with Crippen molar-refractivity contribution in [3.8, 4) is 28.3 Å². The molecular formula is C40H50N4O5S2. The molecule has 0 aliphatic carbocycles. The summed E-state index contributed by atoms with van der Waals surface area (Å²) in [6.45, 7) is 9.16. The van der Waals surface area contributed by atoms with Crippen molar-refractivity contribution in [2.24, 2.45) is 0 Å². The molecule has 2 amide bonds. The van der Waals surface area contributed by atoms with Gasteiger partial charge in [0, 0.05) is 34.8 Å². The van der Waals surface area contributed by atoms with E-state index in [4.69, 9.17) is 4.74 Å². The molecule has 3 N–H and O–H groups in total. The van der Waals surface area contributed by atoms with Gasteiger partial charge in [0.05, 0.1) is 11.5 Å². The Morgan fingerprint density at radius 2 is 1.51 bits per heavy atom. The number of carboxylic acid groups (broad SMARTS) is 1. The van der Waals surface area contributed by atoms with E-state index in [-0.39, 0.29) is 24.2 Å². The molecule has 0 fully saturated rings. The largest absolute Gasteiger partial charge is 0.494 e. The highest BCUT2D eigenvalue weighted by Crippen LogP contribution is 2.29. The van der Waals surface area contributed by atoms with E-state index in [1.807, 2.05) is 60.9 Å². The van der Waals surface area contributed by atoms with Crippen LogP contribution < -0.4 is 15.4 Å². The maximum Gasteiger partial charge on any atom is 0.326 e. The second-order valence-electron chi connectivity index (χ2n) is 13.6. The van der Waals surface area contributed by atoms with E-state index in [0.29, 0.717) is 16.5 Å². The van der Waals surface area contributed by atoms with Gasteiger partial charge in [0.15, 0.2) is 5.82 Å². The minimum absolute atomic E-state index is 0.120. The first kappa shape index (κ1) is 39.6. The number of unbranched alkanes of at least 4 members (excludes halogenated alkanes) is 4. The van der Waals surface area contributed by atoms with Gasteiger partial charge in [-0.15, -0.1) is 11.3 Å². The molecule has 2 aromatic carbocycles. The Kier molecular flexibility index (Phi) is 15.1. The molecule has 2 aromatic heterocycles. The molecule has 4 aromatic rings. The number of carbonyl (C=O) groups is 3. The monoisotopic (exact) mass is 730 g/mol. The fraction of sp³-hybridized carbons (Fsp3) is 0.425. The van der Waals surface area contributed by atoms with Crippen LogP contribution in [0, 0.1) is 0 Å². The van der Waals surface area contributed by atoms with Gasteiger partial charge in [0.1, 0.15) is 17.8 Å². The van der Waals surface area contributed by atoms with Crippen LogP contribution in [0.4, 0.5) is 0 Å². The van der Waals surface area contributed by atoms with Crippen LogP contribution in [0.5, 0.6) is 5.75 Å². The lowest BCUT2D eigenvalue weighted by atomic mass is 9.95. The Labute approximate surface area is 310 Å². The molecule has 0 radical (unpaired) electrons. The number of nitrogens with zero attached hydrogens (tertiary/aromatic N) is 2. The summed E-state index contributed by atoms with van der Waals surface area (Å²) in [5.74, 6) is -0.0537. The van der Waals surface area contributed by atoms with E-state index in [9.17, 15) is 19.5 Å². The van der Waals surface area contributed by atoms with Gasteiger partial charge in [-0.1, -0.05) is 89.8 Å². The number of hydrogen-bond acceptors (Lipinski definition) is 8. The predicted molar refractivity (Wildman–Crippen MR) is 208 cm³/mol. The third kappa shape index (κ3) is 12.2. The molecule has 0 aliphatic rings. The summed E-state index contributed by atoms with van der Waals surface area (Å²) >= 11 is 2.89. The number of ether oxygens (including phenoxy) is 1. The zero-order valence-electron chi connectivity index (χ0n) is 30.2. The van der Waals surface area contributed by atoms with Crippen LogP contribution in [0.1, 0.15) is 86.3 Å². The van der Waals surface area contributed by atoms with E-state index in [1.165, 1.54) is 48.8 Å². The molecule has 0 saturated heterocycles. The Balaban J connectivity index is 1.42. The third-order valence-corrected chi connectivity index (χ3v) is 10.6. The van der Waals surface area contributed by atoms with Gasteiger partial charge in [-0.2, -0.15) is 11.8 Å². The summed E-state index contributed by atoms with van der Waals surface area (Å²) < 4.78 is 5.89. The van der Waals surface area contributed by atoms with Crippen molar-refractivity contribution in [2.45, 2.75) is 90.1 Å². The minimum Gasteiger partial charge on any atom is -0.494 e. The number of rotatable bonds is 19. The maximum absolute atomic E-state index is 13.5. The maximum atomic E-state index is 13.5. The summed E-state index contributed by atoms with van der Waals surface area (Å²) in [6.07, 6.45) is 11.9. The summed E-state index contributed by atoms with van der Waals surface area (Å²) in [7, 11) is 0. The van der Waals surface area contributed by atoms with E-state index in [2.05, 4.69) is 48.3 Å². The Morgan fingerprint density at radius 1 is 0.843 bits per heavy atom. The number of carbonyl (C=O) groups excluding carboxylic acids is 2. The topological polar surface area (TPSA) is 131 Å². The Hall–Kier alpha value is -4.22. The molecule has 4 rings (SSSR count). The van der Waals surface area contributed by atoms with E-state index in [0.717, 1.165) is 45.9 Å². The number of carboxylic acids is 1. The number of thiophene rings is 1. The Bertz CT molecular complexity index is 1700. The van der Waals surface area contributed by atoms with E-state index < -0.39 is 24.0 Å². The second-order valence-corrected chi connectivity index (χ2v) is 15.7. The highest BCUT2D eigenvalue weighted by atomic mass is 32.2. The molecule has 2 heterocycles. The molecule has 2 unspecified atom stereocenters. The minimum atomic E-state index is -1.11. The molecule has 0 bridgehead atoms. The molecule has 0 aliphatic heterocycles.